The highest BCUT2D eigenvalue weighted by Gasteiger charge is 2.07. The average Bonchev–Trinajstić information content (AvgIpc) is 2.36. The zero-order valence-electron chi connectivity index (χ0n) is 10.9. The maximum Gasteiger partial charge on any atom is 0.0601 e. The summed E-state index contributed by atoms with van der Waals surface area (Å²) in [6.07, 6.45) is 1.83. The number of nitrogens with zero attached hydrogens (tertiary/aromatic N) is 2. The first-order valence-corrected chi connectivity index (χ1v) is 6.21. The molecular weight excluding hydrogens is 222 g/mol. The molecule has 3 nitrogen and oxygen atoms in total. The Bertz CT molecular complexity index is 488. The van der Waals surface area contributed by atoms with Crippen LogP contribution in [0, 0.1) is 6.92 Å². The lowest BCUT2D eigenvalue weighted by Gasteiger charge is -2.23. The van der Waals surface area contributed by atoms with Crippen LogP contribution in [0.2, 0.25) is 0 Å². The second-order valence-electron chi connectivity index (χ2n) is 4.44. The molecule has 0 amide bonds. The molecule has 0 atom stereocenters. The molecule has 2 aromatic rings. The molecule has 0 spiro atoms. The molecule has 94 valence electrons. The van der Waals surface area contributed by atoms with E-state index in [1.165, 1.54) is 5.56 Å². The molecule has 18 heavy (non-hydrogen) atoms. The van der Waals surface area contributed by atoms with Crippen molar-refractivity contribution in [3.05, 3.63) is 53.9 Å². The Hall–Kier alpha value is -2.03. The van der Waals surface area contributed by atoms with Crippen molar-refractivity contribution in [2.24, 2.45) is 0 Å². The molecule has 2 rings (SSSR count). The molecule has 0 unspecified atom stereocenters. The standard InChI is InChI=1S/C15H19N3/c1-3-18(11-14-6-4-5-7-17-14)15-9-12(2)8-13(16)10-15/h4-10H,3,11,16H2,1-2H3. The number of nitrogen functional groups attached to an aromatic ring is 1. The summed E-state index contributed by atoms with van der Waals surface area (Å²) in [6.45, 7) is 5.94. The van der Waals surface area contributed by atoms with Crippen molar-refractivity contribution in [2.75, 3.05) is 17.2 Å². The van der Waals surface area contributed by atoms with Crippen LogP contribution in [0.5, 0.6) is 0 Å². The second-order valence-corrected chi connectivity index (χ2v) is 4.44. The summed E-state index contributed by atoms with van der Waals surface area (Å²) in [5.74, 6) is 0. The van der Waals surface area contributed by atoms with E-state index in [9.17, 15) is 0 Å². The van der Waals surface area contributed by atoms with Gasteiger partial charge in [-0.1, -0.05) is 6.07 Å². The Morgan fingerprint density at radius 2 is 2.06 bits per heavy atom. The molecule has 0 aliphatic carbocycles. The number of aromatic nitrogens is 1. The Kier molecular flexibility index (Phi) is 3.82. The molecule has 0 bridgehead atoms. The van der Waals surface area contributed by atoms with Gasteiger partial charge in [0.25, 0.3) is 0 Å². The van der Waals surface area contributed by atoms with Gasteiger partial charge in [0.1, 0.15) is 0 Å². The Morgan fingerprint density at radius 1 is 1.22 bits per heavy atom. The van der Waals surface area contributed by atoms with Crippen molar-refractivity contribution in [3.8, 4) is 0 Å². The minimum atomic E-state index is 0.806. The van der Waals surface area contributed by atoms with Gasteiger partial charge >= 0.3 is 0 Å². The minimum absolute atomic E-state index is 0.806. The van der Waals surface area contributed by atoms with Crippen molar-refractivity contribution in [1.29, 1.82) is 0 Å². The number of aryl methyl sites for hydroxylation is 1. The van der Waals surface area contributed by atoms with Crippen LogP contribution in [0.1, 0.15) is 18.2 Å². The normalized spacial score (nSPS) is 10.3. The maximum atomic E-state index is 5.90. The van der Waals surface area contributed by atoms with E-state index in [1.807, 2.05) is 36.5 Å². The molecule has 0 saturated heterocycles. The third-order valence-corrected chi connectivity index (χ3v) is 2.91. The zero-order valence-corrected chi connectivity index (χ0v) is 10.9. The van der Waals surface area contributed by atoms with E-state index in [0.717, 1.165) is 30.2 Å². The van der Waals surface area contributed by atoms with Crippen molar-refractivity contribution < 1.29 is 0 Å². The molecule has 0 fully saturated rings. The van der Waals surface area contributed by atoms with Crippen LogP contribution in [-0.4, -0.2) is 11.5 Å². The minimum Gasteiger partial charge on any atom is -0.399 e. The molecule has 0 aliphatic rings. The number of hydrogen-bond donors (Lipinski definition) is 1. The molecule has 1 heterocycles. The van der Waals surface area contributed by atoms with Gasteiger partial charge in [-0.05, 0) is 49.7 Å². The molecule has 0 saturated carbocycles. The molecule has 0 radical (unpaired) electrons. The summed E-state index contributed by atoms with van der Waals surface area (Å²) in [6, 6.07) is 12.1. The van der Waals surface area contributed by atoms with Crippen LogP contribution < -0.4 is 10.6 Å². The van der Waals surface area contributed by atoms with Crippen LogP contribution >= 0.6 is 0 Å². The number of hydrogen-bond acceptors (Lipinski definition) is 3. The summed E-state index contributed by atoms with van der Waals surface area (Å²) in [5.41, 5.74) is 10.1. The lowest BCUT2D eigenvalue weighted by Crippen LogP contribution is -2.22. The predicted molar refractivity (Wildman–Crippen MR) is 76.6 cm³/mol. The van der Waals surface area contributed by atoms with E-state index < -0.39 is 0 Å². The van der Waals surface area contributed by atoms with E-state index in [-0.39, 0.29) is 0 Å². The van der Waals surface area contributed by atoms with Crippen molar-refractivity contribution in [1.82, 2.24) is 4.98 Å². The smallest absolute Gasteiger partial charge is 0.0601 e. The molecule has 0 aliphatic heterocycles. The Labute approximate surface area is 108 Å². The van der Waals surface area contributed by atoms with Crippen LogP contribution in [-0.2, 0) is 6.54 Å². The first kappa shape index (κ1) is 12.4. The number of nitrogens with two attached hydrogens (primary N) is 1. The van der Waals surface area contributed by atoms with Gasteiger partial charge in [-0.2, -0.15) is 0 Å². The highest BCUT2D eigenvalue weighted by atomic mass is 15.1. The highest BCUT2D eigenvalue weighted by molar-refractivity contribution is 5.58. The molecular formula is C15H19N3. The molecule has 2 N–H and O–H groups in total. The van der Waals surface area contributed by atoms with Gasteiger partial charge in [0.05, 0.1) is 12.2 Å². The van der Waals surface area contributed by atoms with Gasteiger partial charge in [0, 0.05) is 24.1 Å². The van der Waals surface area contributed by atoms with E-state index in [0.29, 0.717) is 0 Å². The maximum absolute atomic E-state index is 5.90. The fourth-order valence-electron chi connectivity index (χ4n) is 2.05. The van der Waals surface area contributed by atoms with Gasteiger partial charge in [-0.3, -0.25) is 4.98 Å². The fraction of sp³-hybridized carbons (Fsp3) is 0.267. The SMILES string of the molecule is CCN(Cc1ccccn1)c1cc(C)cc(N)c1. The zero-order chi connectivity index (χ0) is 13.0. The summed E-state index contributed by atoms with van der Waals surface area (Å²) in [5, 5.41) is 0. The lowest BCUT2D eigenvalue weighted by molar-refractivity contribution is 0.809. The summed E-state index contributed by atoms with van der Waals surface area (Å²) in [4.78, 5) is 6.63. The topological polar surface area (TPSA) is 42.2 Å². The van der Waals surface area contributed by atoms with Gasteiger partial charge in [0.15, 0.2) is 0 Å². The molecule has 1 aromatic carbocycles. The lowest BCUT2D eigenvalue weighted by atomic mass is 10.1. The summed E-state index contributed by atoms with van der Waals surface area (Å²) >= 11 is 0. The quantitative estimate of drug-likeness (QED) is 0.837. The molecule has 1 aromatic heterocycles. The first-order valence-electron chi connectivity index (χ1n) is 6.21. The monoisotopic (exact) mass is 241 g/mol. The first-order chi connectivity index (χ1) is 8.69. The molecule has 3 heteroatoms. The van der Waals surface area contributed by atoms with Crippen molar-refractivity contribution >= 4 is 11.4 Å². The van der Waals surface area contributed by atoms with E-state index in [2.05, 4.69) is 29.8 Å². The third kappa shape index (κ3) is 3.00. The van der Waals surface area contributed by atoms with Crippen LogP contribution in [0.15, 0.2) is 42.6 Å². The van der Waals surface area contributed by atoms with Gasteiger partial charge in [-0.25, -0.2) is 0 Å². The van der Waals surface area contributed by atoms with E-state index in [1.54, 1.807) is 0 Å². The van der Waals surface area contributed by atoms with E-state index in [4.69, 9.17) is 5.73 Å². The summed E-state index contributed by atoms with van der Waals surface area (Å²) < 4.78 is 0. The van der Waals surface area contributed by atoms with Crippen molar-refractivity contribution in [3.63, 3.8) is 0 Å². The number of benzene rings is 1. The fourth-order valence-corrected chi connectivity index (χ4v) is 2.05. The highest BCUT2D eigenvalue weighted by Crippen LogP contribution is 2.21. The Balaban J connectivity index is 2.23. The van der Waals surface area contributed by atoms with Gasteiger partial charge < -0.3 is 10.6 Å². The van der Waals surface area contributed by atoms with Crippen LogP contribution in [0.4, 0.5) is 11.4 Å². The average molecular weight is 241 g/mol. The van der Waals surface area contributed by atoms with Gasteiger partial charge in [-0.15, -0.1) is 0 Å². The van der Waals surface area contributed by atoms with Crippen LogP contribution in [0.3, 0.4) is 0 Å². The number of rotatable bonds is 4. The number of pyridine rings is 1. The predicted octanol–water partition coefficient (Wildman–Crippen LogP) is 3.00. The largest absolute Gasteiger partial charge is 0.399 e. The third-order valence-electron chi connectivity index (χ3n) is 2.91. The Morgan fingerprint density at radius 3 is 2.67 bits per heavy atom. The summed E-state index contributed by atoms with van der Waals surface area (Å²) in [7, 11) is 0. The van der Waals surface area contributed by atoms with Crippen LogP contribution in [0.25, 0.3) is 0 Å². The second kappa shape index (κ2) is 5.54. The van der Waals surface area contributed by atoms with Gasteiger partial charge in [0.2, 0.25) is 0 Å². The van der Waals surface area contributed by atoms with Crippen molar-refractivity contribution in [2.45, 2.75) is 20.4 Å². The number of anilines is 2. The van der Waals surface area contributed by atoms with E-state index >= 15 is 0 Å².